The summed E-state index contributed by atoms with van der Waals surface area (Å²) in [5.74, 6) is -1.59. The van der Waals surface area contributed by atoms with Crippen LogP contribution < -0.4 is 0 Å². The molecule has 2 rings (SSSR count). The van der Waals surface area contributed by atoms with Gasteiger partial charge in [0.15, 0.2) is 8.32 Å². The first-order valence-corrected chi connectivity index (χ1v) is 19.0. The van der Waals surface area contributed by atoms with E-state index in [4.69, 9.17) is 9.16 Å². The Labute approximate surface area is 254 Å². The summed E-state index contributed by atoms with van der Waals surface area (Å²) in [7, 11) is -4.65. The number of methoxy groups -OCH3 is 1. The summed E-state index contributed by atoms with van der Waals surface area (Å²) in [6.07, 6.45) is 9.72. The Morgan fingerprint density at radius 1 is 0.976 bits per heavy atom. The SMILES string of the molecule is COC(=O)C(=CC(C)C)C(=O)c1ccc(CCCCC/C=C/CO[Si](C)(C)C(C)(C)C)n1S(=O)(=O)c1ccc(C)cc1. The summed E-state index contributed by atoms with van der Waals surface area (Å²) in [6.45, 7) is 17.3. The number of hydrogen-bond donors (Lipinski definition) is 0. The van der Waals surface area contributed by atoms with Crippen molar-refractivity contribution < 1.29 is 27.2 Å². The Balaban J connectivity index is 2.22. The molecule has 0 saturated carbocycles. The maximum atomic E-state index is 13.9. The van der Waals surface area contributed by atoms with Crippen LogP contribution in [-0.2, 0) is 30.4 Å². The number of carbonyl (C=O) groups excluding carboxylic acids is 2. The lowest BCUT2D eigenvalue weighted by Gasteiger charge is -2.35. The second kappa shape index (κ2) is 15.1. The number of aryl methyl sites for hydroxylation is 2. The summed E-state index contributed by atoms with van der Waals surface area (Å²) < 4.78 is 39.9. The quantitative estimate of drug-likeness (QED) is 0.0299. The van der Waals surface area contributed by atoms with E-state index in [-0.39, 0.29) is 27.1 Å². The first-order chi connectivity index (χ1) is 19.5. The molecule has 0 fully saturated rings. The van der Waals surface area contributed by atoms with Gasteiger partial charge in [-0.1, -0.05) is 77.0 Å². The van der Waals surface area contributed by atoms with Gasteiger partial charge in [-0.2, -0.15) is 0 Å². The van der Waals surface area contributed by atoms with Crippen LogP contribution in [0.3, 0.4) is 0 Å². The number of unbranched alkanes of at least 4 members (excludes halogenated alkanes) is 3. The van der Waals surface area contributed by atoms with Crippen molar-refractivity contribution in [3.8, 4) is 0 Å². The van der Waals surface area contributed by atoms with E-state index in [0.29, 0.717) is 18.7 Å². The molecule has 0 aliphatic carbocycles. The fourth-order valence-electron chi connectivity index (χ4n) is 4.14. The maximum Gasteiger partial charge on any atom is 0.341 e. The van der Waals surface area contributed by atoms with E-state index in [1.54, 1.807) is 18.2 Å². The maximum absolute atomic E-state index is 13.9. The van der Waals surface area contributed by atoms with Crippen LogP contribution in [0.4, 0.5) is 0 Å². The van der Waals surface area contributed by atoms with Gasteiger partial charge in [0.25, 0.3) is 10.0 Å². The van der Waals surface area contributed by atoms with Gasteiger partial charge >= 0.3 is 5.97 Å². The third-order valence-electron chi connectivity index (χ3n) is 7.67. The van der Waals surface area contributed by atoms with Gasteiger partial charge in [0.2, 0.25) is 5.78 Å². The fourth-order valence-corrected chi connectivity index (χ4v) is 6.64. The summed E-state index contributed by atoms with van der Waals surface area (Å²) in [4.78, 5) is 26.2. The van der Waals surface area contributed by atoms with Gasteiger partial charge in [0.05, 0.1) is 18.6 Å². The van der Waals surface area contributed by atoms with Crippen molar-refractivity contribution in [2.75, 3.05) is 13.7 Å². The van der Waals surface area contributed by atoms with Gasteiger partial charge in [0, 0.05) is 5.69 Å². The first-order valence-electron chi connectivity index (χ1n) is 14.7. The largest absolute Gasteiger partial charge is 0.465 e. The molecule has 0 atom stereocenters. The second-order valence-electron chi connectivity index (χ2n) is 12.6. The second-order valence-corrected chi connectivity index (χ2v) is 19.2. The van der Waals surface area contributed by atoms with E-state index in [0.717, 1.165) is 35.2 Å². The number of nitrogens with zero attached hydrogens (tertiary/aromatic N) is 1. The molecular weight excluding hydrogens is 567 g/mol. The summed E-state index contributed by atoms with van der Waals surface area (Å²) >= 11 is 0. The lowest BCUT2D eigenvalue weighted by molar-refractivity contribution is -0.135. The molecule has 1 aromatic carbocycles. The smallest absolute Gasteiger partial charge is 0.341 e. The summed E-state index contributed by atoms with van der Waals surface area (Å²) in [5.41, 5.74) is 1.17. The molecule has 0 amide bonds. The molecule has 2 aromatic rings. The Hall–Kier alpha value is -2.75. The number of ketones is 1. The third kappa shape index (κ3) is 9.38. The zero-order chi connectivity index (χ0) is 31.7. The third-order valence-corrected chi connectivity index (χ3v) is 14.0. The molecule has 0 bridgehead atoms. The molecule has 0 N–H and O–H groups in total. The van der Waals surface area contributed by atoms with Gasteiger partial charge in [-0.05, 0) is 80.9 Å². The monoisotopic (exact) mass is 615 g/mol. The topological polar surface area (TPSA) is 91.7 Å². The van der Waals surface area contributed by atoms with E-state index in [9.17, 15) is 18.0 Å². The van der Waals surface area contributed by atoms with E-state index >= 15 is 0 Å². The van der Waals surface area contributed by atoms with Crippen molar-refractivity contribution in [2.45, 2.75) is 96.7 Å². The predicted molar refractivity (Wildman–Crippen MR) is 172 cm³/mol. The molecular formula is C33H49NO6SSi. The average Bonchev–Trinajstić information content (AvgIpc) is 3.34. The minimum absolute atomic E-state index is 0.0764. The Kier molecular flexibility index (Phi) is 12.8. The van der Waals surface area contributed by atoms with Gasteiger partial charge in [-0.15, -0.1) is 0 Å². The van der Waals surface area contributed by atoms with Crippen LogP contribution >= 0.6 is 0 Å². The fraction of sp³-hybridized carbons (Fsp3) is 0.515. The highest BCUT2D eigenvalue weighted by molar-refractivity contribution is 7.90. The highest BCUT2D eigenvalue weighted by atomic mass is 32.2. The number of hydrogen-bond acceptors (Lipinski definition) is 6. The van der Waals surface area contributed by atoms with Gasteiger partial charge in [-0.3, -0.25) is 4.79 Å². The van der Waals surface area contributed by atoms with Crippen LogP contribution in [0, 0.1) is 12.8 Å². The van der Waals surface area contributed by atoms with Crippen LogP contribution in [0.1, 0.15) is 82.0 Å². The molecule has 1 heterocycles. The van der Waals surface area contributed by atoms with Gasteiger partial charge in [-0.25, -0.2) is 17.2 Å². The molecule has 0 radical (unpaired) electrons. The highest BCUT2D eigenvalue weighted by Gasteiger charge is 2.36. The van der Waals surface area contributed by atoms with Gasteiger partial charge < -0.3 is 9.16 Å². The van der Waals surface area contributed by atoms with E-state index in [1.165, 1.54) is 31.4 Å². The number of aromatic nitrogens is 1. The average molecular weight is 616 g/mol. The van der Waals surface area contributed by atoms with E-state index in [2.05, 4.69) is 46.0 Å². The number of allylic oxidation sites excluding steroid dienone is 2. The molecule has 0 saturated heterocycles. The molecule has 9 heteroatoms. The number of ether oxygens (including phenoxy) is 1. The summed E-state index contributed by atoms with van der Waals surface area (Å²) in [5, 5.41) is 0.182. The minimum Gasteiger partial charge on any atom is -0.465 e. The standard InChI is InChI=1S/C33H49NO6SSi/c1-25(2)24-29(32(36)39-7)31(35)30-22-19-27(34(30)41(37,38)28-20-17-26(3)18-21-28)16-14-12-10-11-13-15-23-40-42(8,9)33(4,5)6/h13,15,17-22,24-25H,10-12,14,16,23H2,1-9H3/b15-13+,29-24?. The zero-order valence-corrected chi connectivity index (χ0v) is 28.6. The molecule has 0 unspecified atom stereocenters. The molecule has 232 valence electrons. The first kappa shape index (κ1) is 35.4. The molecule has 1 aromatic heterocycles. The van der Waals surface area contributed by atoms with Crippen molar-refractivity contribution in [2.24, 2.45) is 5.92 Å². The van der Waals surface area contributed by atoms with Crippen molar-refractivity contribution >= 4 is 30.1 Å². The zero-order valence-electron chi connectivity index (χ0n) is 26.8. The Bertz CT molecular complexity index is 1380. The van der Waals surface area contributed by atoms with E-state index < -0.39 is 30.1 Å². The minimum atomic E-state index is -4.10. The summed E-state index contributed by atoms with van der Waals surface area (Å²) in [6, 6.07) is 9.68. The van der Waals surface area contributed by atoms with E-state index in [1.807, 2.05) is 20.8 Å². The Morgan fingerprint density at radius 3 is 2.19 bits per heavy atom. The van der Waals surface area contributed by atoms with Crippen LogP contribution in [0.5, 0.6) is 0 Å². The van der Waals surface area contributed by atoms with Crippen LogP contribution in [0.15, 0.2) is 65.1 Å². The molecule has 0 aliphatic heterocycles. The lowest BCUT2D eigenvalue weighted by atomic mass is 10.0. The molecule has 7 nitrogen and oxygen atoms in total. The van der Waals surface area contributed by atoms with Crippen molar-refractivity contribution in [1.82, 2.24) is 3.97 Å². The number of carbonyl (C=O) groups is 2. The number of Topliss-reactive ketones (excluding diaryl/α,β-unsaturated/α-hetero) is 1. The van der Waals surface area contributed by atoms with Crippen LogP contribution in [0.25, 0.3) is 0 Å². The lowest BCUT2D eigenvalue weighted by Crippen LogP contribution is -2.40. The van der Waals surface area contributed by atoms with Crippen LogP contribution in [-0.4, -0.2) is 46.2 Å². The van der Waals surface area contributed by atoms with Crippen LogP contribution in [0.2, 0.25) is 18.1 Å². The molecule has 0 aliphatic rings. The molecule has 0 spiro atoms. The number of esters is 1. The van der Waals surface area contributed by atoms with Crippen molar-refractivity contribution in [3.05, 3.63) is 77.2 Å². The number of rotatable bonds is 15. The van der Waals surface area contributed by atoms with Gasteiger partial charge in [0.1, 0.15) is 11.3 Å². The number of benzene rings is 1. The predicted octanol–water partition coefficient (Wildman–Crippen LogP) is 7.65. The van der Waals surface area contributed by atoms with Crippen molar-refractivity contribution in [3.63, 3.8) is 0 Å². The Morgan fingerprint density at radius 2 is 1.62 bits per heavy atom. The highest BCUT2D eigenvalue weighted by Crippen LogP contribution is 2.36. The van der Waals surface area contributed by atoms with Crippen molar-refractivity contribution in [1.29, 1.82) is 0 Å². The molecule has 42 heavy (non-hydrogen) atoms. The normalized spacial score (nSPS) is 13.2.